The first kappa shape index (κ1) is 34.4. The Kier molecular flexibility index (Phi) is 13.5. The largest absolute Gasteiger partial charge is 0.462 e. The van der Waals surface area contributed by atoms with Gasteiger partial charge in [0.15, 0.2) is 6.29 Å². The molecule has 2 aromatic carbocycles. The number of hydrogen-bond acceptors (Lipinski definition) is 6. The molecule has 0 heterocycles. The number of carbonyl (C=O) groups excluding carboxylic acids is 1. The van der Waals surface area contributed by atoms with E-state index in [0.29, 0.717) is 11.8 Å². The summed E-state index contributed by atoms with van der Waals surface area (Å²) in [5.74, 6) is 1.59. The maximum atomic E-state index is 12.1. The number of rotatable bonds is 16. The molecule has 2 saturated carbocycles. The topological polar surface area (TPSA) is 96.2 Å². The van der Waals surface area contributed by atoms with E-state index in [4.69, 9.17) is 9.47 Å². The Balaban J connectivity index is 1.33. The SMILES string of the molecule is C=C(CO)C(=O)OCC(COC(O)C(=C)CO)C1CCC(c2ccc3cc(C4CCC(CCCCC)CC4)ccc3c2)CC1. The first-order chi connectivity index (χ1) is 21.3. The van der Waals surface area contributed by atoms with Gasteiger partial charge in [-0.25, -0.2) is 4.79 Å². The van der Waals surface area contributed by atoms with E-state index in [1.54, 1.807) is 0 Å². The Hall–Kier alpha value is -2.51. The van der Waals surface area contributed by atoms with Gasteiger partial charge in [-0.2, -0.15) is 0 Å². The van der Waals surface area contributed by atoms with Gasteiger partial charge in [0.25, 0.3) is 0 Å². The van der Waals surface area contributed by atoms with Crippen molar-refractivity contribution in [3.05, 3.63) is 71.8 Å². The zero-order valence-electron chi connectivity index (χ0n) is 26.7. The fourth-order valence-electron chi connectivity index (χ4n) is 7.26. The van der Waals surface area contributed by atoms with Gasteiger partial charge in [-0.05, 0) is 96.9 Å². The van der Waals surface area contributed by atoms with Crippen LogP contribution in [0.1, 0.15) is 107 Å². The van der Waals surface area contributed by atoms with E-state index < -0.39 is 18.9 Å². The van der Waals surface area contributed by atoms with E-state index >= 15 is 0 Å². The summed E-state index contributed by atoms with van der Waals surface area (Å²) in [5.41, 5.74) is 3.08. The highest BCUT2D eigenvalue weighted by Crippen LogP contribution is 2.41. The Morgan fingerprint density at radius 2 is 1.43 bits per heavy atom. The van der Waals surface area contributed by atoms with E-state index in [-0.39, 0.29) is 42.8 Å². The van der Waals surface area contributed by atoms with Crippen LogP contribution in [-0.2, 0) is 14.3 Å². The summed E-state index contributed by atoms with van der Waals surface area (Å²) < 4.78 is 11.0. The van der Waals surface area contributed by atoms with Gasteiger partial charge in [0.2, 0.25) is 0 Å². The van der Waals surface area contributed by atoms with Gasteiger partial charge >= 0.3 is 5.97 Å². The van der Waals surface area contributed by atoms with Crippen molar-refractivity contribution in [2.45, 2.75) is 102 Å². The quantitative estimate of drug-likeness (QED) is 0.0600. The molecular formula is C38H54O6. The number of carbonyl (C=O) groups is 1. The molecule has 0 aliphatic heterocycles. The monoisotopic (exact) mass is 606 g/mol. The molecule has 44 heavy (non-hydrogen) atoms. The minimum absolute atomic E-state index is 0.00989. The number of hydrogen-bond donors (Lipinski definition) is 3. The Bertz CT molecular complexity index is 1220. The molecule has 2 unspecified atom stereocenters. The molecule has 4 rings (SSSR count). The van der Waals surface area contributed by atoms with Gasteiger partial charge in [-0.15, -0.1) is 0 Å². The molecule has 0 radical (unpaired) electrons. The average molecular weight is 607 g/mol. The maximum Gasteiger partial charge on any atom is 0.335 e. The van der Waals surface area contributed by atoms with Crippen molar-refractivity contribution >= 4 is 16.7 Å². The lowest BCUT2D eigenvalue weighted by Crippen LogP contribution is -2.32. The van der Waals surface area contributed by atoms with Gasteiger partial charge in [0.05, 0.1) is 32.0 Å². The lowest BCUT2D eigenvalue weighted by atomic mass is 9.74. The number of unbranched alkanes of at least 4 members (excludes halogenated alkanes) is 2. The summed E-state index contributed by atoms with van der Waals surface area (Å²) in [6.45, 7) is 8.93. The lowest BCUT2D eigenvalue weighted by molar-refractivity contribution is -0.145. The summed E-state index contributed by atoms with van der Waals surface area (Å²) in [5, 5.41) is 31.2. The van der Waals surface area contributed by atoms with Crippen molar-refractivity contribution in [2.75, 3.05) is 26.4 Å². The van der Waals surface area contributed by atoms with Crippen molar-refractivity contribution in [1.82, 2.24) is 0 Å². The van der Waals surface area contributed by atoms with Gasteiger partial charge < -0.3 is 24.8 Å². The summed E-state index contributed by atoms with van der Waals surface area (Å²) in [4.78, 5) is 12.1. The van der Waals surface area contributed by atoms with Gasteiger partial charge in [0.1, 0.15) is 0 Å². The molecule has 2 atom stereocenters. The van der Waals surface area contributed by atoms with Gasteiger partial charge in [-0.1, -0.05) is 82.2 Å². The van der Waals surface area contributed by atoms with Crippen LogP contribution in [0.25, 0.3) is 10.8 Å². The van der Waals surface area contributed by atoms with Gasteiger partial charge in [0, 0.05) is 11.5 Å². The summed E-state index contributed by atoms with van der Waals surface area (Å²) in [7, 11) is 0. The van der Waals surface area contributed by atoms with Crippen LogP contribution in [0, 0.1) is 17.8 Å². The maximum absolute atomic E-state index is 12.1. The minimum Gasteiger partial charge on any atom is -0.462 e. The average Bonchev–Trinajstić information content (AvgIpc) is 3.07. The molecule has 2 aliphatic rings. The molecule has 2 fully saturated rings. The van der Waals surface area contributed by atoms with Crippen LogP contribution >= 0.6 is 0 Å². The van der Waals surface area contributed by atoms with E-state index in [0.717, 1.165) is 31.6 Å². The summed E-state index contributed by atoms with van der Waals surface area (Å²) >= 11 is 0. The van der Waals surface area contributed by atoms with Crippen LogP contribution in [0.3, 0.4) is 0 Å². The summed E-state index contributed by atoms with van der Waals surface area (Å²) in [6.07, 6.45) is 13.6. The Morgan fingerprint density at radius 3 is 1.98 bits per heavy atom. The van der Waals surface area contributed by atoms with Crippen LogP contribution in [0.15, 0.2) is 60.7 Å². The number of aliphatic hydroxyl groups excluding tert-OH is 3. The zero-order chi connectivity index (χ0) is 31.5. The number of benzene rings is 2. The van der Waals surface area contributed by atoms with E-state index in [1.165, 1.54) is 73.3 Å². The number of aliphatic hydroxyl groups is 3. The molecule has 6 nitrogen and oxygen atoms in total. The number of esters is 1. The molecule has 0 spiro atoms. The van der Waals surface area contributed by atoms with Crippen LogP contribution in [0.5, 0.6) is 0 Å². The van der Waals surface area contributed by atoms with Crippen molar-refractivity contribution in [3.8, 4) is 0 Å². The van der Waals surface area contributed by atoms with Crippen LogP contribution in [0.2, 0.25) is 0 Å². The standard InChI is InChI=1S/C38H54O6/c1-4-5-6-7-28-8-10-29(11-9-28)32-16-18-35-21-33(17-19-34(35)20-32)30-12-14-31(15-13-30)36(24-43-37(41)26(2)22-39)25-44-38(42)27(3)23-40/h16-21,28-31,36-37,39-41H,2-15,22-25H2,1H3. The fourth-order valence-corrected chi connectivity index (χ4v) is 7.26. The molecule has 6 heteroatoms. The predicted octanol–water partition coefficient (Wildman–Crippen LogP) is 7.56. The van der Waals surface area contributed by atoms with E-state index in [2.05, 4.69) is 56.5 Å². The first-order valence-corrected chi connectivity index (χ1v) is 16.9. The number of fused-ring (bicyclic) bond motifs is 1. The lowest BCUT2D eigenvalue weighted by Gasteiger charge is -2.34. The minimum atomic E-state index is -1.27. The highest BCUT2D eigenvalue weighted by molar-refractivity contribution is 5.87. The zero-order valence-corrected chi connectivity index (χ0v) is 26.7. The highest BCUT2D eigenvalue weighted by atomic mass is 16.6. The molecule has 0 amide bonds. The summed E-state index contributed by atoms with van der Waals surface area (Å²) in [6, 6.07) is 14.1. The highest BCUT2D eigenvalue weighted by Gasteiger charge is 2.31. The van der Waals surface area contributed by atoms with Crippen molar-refractivity contribution in [1.29, 1.82) is 0 Å². The van der Waals surface area contributed by atoms with Crippen LogP contribution < -0.4 is 0 Å². The van der Waals surface area contributed by atoms with E-state index in [9.17, 15) is 20.1 Å². The Morgan fingerprint density at radius 1 is 0.841 bits per heavy atom. The molecule has 0 aromatic heterocycles. The molecule has 2 aliphatic carbocycles. The second-order valence-corrected chi connectivity index (χ2v) is 13.3. The van der Waals surface area contributed by atoms with Crippen LogP contribution in [0.4, 0.5) is 0 Å². The van der Waals surface area contributed by atoms with E-state index in [1.807, 2.05) is 0 Å². The molecule has 0 bridgehead atoms. The Labute approximate surface area is 264 Å². The van der Waals surface area contributed by atoms with Crippen LogP contribution in [-0.4, -0.2) is 54.0 Å². The molecule has 0 saturated heterocycles. The third kappa shape index (κ3) is 9.50. The van der Waals surface area contributed by atoms with Crippen molar-refractivity contribution < 1.29 is 29.6 Å². The van der Waals surface area contributed by atoms with Gasteiger partial charge in [-0.3, -0.25) is 0 Å². The normalized spacial score (nSPS) is 23.6. The third-order valence-electron chi connectivity index (χ3n) is 10.3. The number of ether oxygens (including phenoxy) is 2. The van der Waals surface area contributed by atoms with Crippen molar-refractivity contribution in [3.63, 3.8) is 0 Å². The first-order valence-electron chi connectivity index (χ1n) is 16.9. The molecular weight excluding hydrogens is 552 g/mol. The molecule has 3 N–H and O–H groups in total. The predicted molar refractivity (Wildman–Crippen MR) is 176 cm³/mol. The second kappa shape index (κ2) is 17.3. The molecule has 2 aromatic rings. The fraction of sp³-hybridized carbons (Fsp3) is 0.605. The smallest absolute Gasteiger partial charge is 0.335 e. The van der Waals surface area contributed by atoms with Crippen molar-refractivity contribution in [2.24, 2.45) is 17.8 Å². The second-order valence-electron chi connectivity index (χ2n) is 13.3. The third-order valence-corrected chi connectivity index (χ3v) is 10.3. The molecule has 242 valence electrons.